The number of alkyl halides is 3. The predicted octanol–water partition coefficient (Wildman–Crippen LogP) is 5.90. The molecule has 1 fully saturated rings. The lowest BCUT2D eigenvalue weighted by Gasteiger charge is -2.32. The van der Waals surface area contributed by atoms with Gasteiger partial charge in [0, 0.05) is 41.6 Å². The van der Waals surface area contributed by atoms with Crippen molar-refractivity contribution < 1.29 is 13.2 Å². The standard InChI is InChI=1S/C24H25F3N2/c1-15-7-9-20-18(13-15)23-21-10-8-17(28(21)2)14-22(23)29(20)12-11-16-5-3-4-6-19(16)24(25,26)27/h3-7,9,13,17,21H,8,10-12,14H2,1-2H3/t17-,21+/m1/s1. The Kier molecular flexibility index (Phi) is 4.28. The van der Waals surface area contributed by atoms with Crippen LogP contribution in [0.3, 0.4) is 0 Å². The van der Waals surface area contributed by atoms with Crippen molar-refractivity contribution in [1.29, 1.82) is 0 Å². The SMILES string of the molecule is Cc1ccc2c(c1)c1c(n2CCc2ccccc2C(F)(F)F)C[C@H]2CC[C@@H]1N2C. The third-order valence-electron chi connectivity index (χ3n) is 6.90. The van der Waals surface area contributed by atoms with E-state index in [1.54, 1.807) is 12.1 Å². The monoisotopic (exact) mass is 398 g/mol. The fourth-order valence-electron chi connectivity index (χ4n) is 5.47. The van der Waals surface area contributed by atoms with Crippen LogP contribution < -0.4 is 0 Å². The quantitative estimate of drug-likeness (QED) is 0.533. The Balaban J connectivity index is 1.58. The van der Waals surface area contributed by atoms with Crippen LogP contribution in [0.2, 0.25) is 0 Å². The molecule has 2 aromatic carbocycles. The predicted molar refractivity (Wildman–Crippen MR) is 109 cm³/mol. The normalized spacial score (nSPS) is 21.7. The molecule has 2 aliphatic rings. The van der Waals surface area contributed by atoms with Crippen molar-refractivity contribution in [3.05, 3.63) is 70.4 Å². The van der Waals surface area contributed by atoms with Crippen LogP contribution in [0.4, 0.5) is 13.2 Å². The molecule has 5 rings (SSSR count). The summed E-state index contributed by atoms with van der Waals surface area (Å²) in [7, 11) is 2.21. The average molecular weight is 398 g/mol. The van der Waals surface area contributed by atoms with Crippen molar-refractivity contribution >= 4 is 10.9 Å². The highest BCUT2D eigenvalue weighted by atomic mass is 19.4. The Morgan fingerprint density at radius 3 is 2.66 bits per heavy atom. The Labute approximate surface area is 168 Å². The molecule has 0 N–H and O–H groups in total. The molecule has 0 aliphatic carbocycles. The number of aryl methyl sites for hydroxylation is 3. The summed E-state index contributed by atoms with van der Waals surface area (Å²) in [5.41, 5.74) is 4.98. The molecule has 2 aliphatic heterocycles. The molecule has 152 valence electrons. The van der Waals surface area contributed by atoms with Gasteiger partial charge in [0.25, 0.3) is 0 Å². The van der Waals surface area contributed by atoms with E-state index in [-0.39, 0.29) is 0 Å². The molecule has 3 aromatic rings. The van der Waals surface area contributed by atoms with E-state index in [1.165, 1.54) is 40.8 Å². The molecule has 0 spiro atoms. The summed E-state index contributed by atoms with van der Waals surface area (Å²) in [6, 6.07) is 13.4. The molecule has 0 radical (unpaired) electrons. The van der Waals surface area contributed by atoms with Gasteiger partial charge in [-0.2, -0.15) is 13.2 Å². The Bertz CT molecular complexity index is 1080. The minimum Gasteiger partial charge on any atom is -0.344 e. The number of likely N-dealkylation sites (N-methyl/N-ethyl adjacent to an activating group) is 1. The van der Waals surface area contributed by atoms with Crippen LogP contribution in [0.25, 0.3) is 10.9 Å². The van der Waals surface area contributed by atoms with Crippen molar-refractivity contribution in [2.45, 2.75) is 57.4 Å². The summed E-state index contributed by atoms with van der Waals surface area (Å²) < 4.78 is 42.6. The summed E-state index contributed by atoms with van der Waals surface area (Å²) in [4.78, 5) is 2.49. The Morgan fingerprint density at radius 1 is 1.07 bits per heavy atom. The Hall–Kier alpha value is -2.27. The molecule has 2 atom stereocenters. The number of fused-ring (bicyclic) bond motifs is 6. The van der Waals surface area contributed by atoms with Gasteiger partial charge in [0.2, 0.25) is 0 Å². The highest BCUT2D eigenvalue weighted by Gasteiger charge is 2.40. The van der Waals surface area contributed by atoms with E-state index in [0.717, 1.165) is 18.4 Å². The lowest BCUT2D eigenvalue weighted by Crippen LogP contribution is -2.34. The summed E-state index contributed by atoms with van der Waals surface area (Å²) >= 11 is 0. The molecular weight excluding hydrogens is 373 g/mol. The number of hydrogen-bond acceptors (Lipinski definition) is 1. The number of nitrogens with zero attached hydrogens (tertiary/aromatic N) is 2. The first kappa shape index (κ1) is 18.7. The highest BCUT2D eigenvalue weighted by molar-refractivity contribution is 5.87. The van der Waals surface area contributed by atoms with Gasteiger partial charge >= 0.3 is 6.18 Å². The number of hydrogen-bond donors (Lipinski definition) is 0. The summed E-state index contributed by atoms with van der Waals surface area (Å²) in [5, 5.41) is 1.28. The van der Waals surface area contributed by atoms with Gasteiger partial charge in [0.15, 0.2) is 0 Å². The van der Waals surface area contributed by atoms with Crippen molar-refractivity contribution in [3.63, 3.8) is 0 Å². The number of aromatic nitrogens is 1. The van der Waals surface area contributed by atoms with Gasteiger partial charge in [0.1, 0.15) is 0 Å². The number of benzene rings is 2. The first-order valence-corrected chi connectivity index (χ1v) is 10.3. The van der Waals surface area contributed by atoms with E-state index in [4.69, 9.17) is 0 Å². The van der Waals surface area contributed by atoms with Crippen LogP contribution in [-0.4, -0.2) is 22.6 Å². The number of halogens is 3. The fourth-order valence-corrected chi connectivity index (χ4v) is 5.47. The molecule has 29 heavy (non-hydrogen) atoms. The van der Waals surface area contributed by atoms with Crippen molar-refractivity contribution in [2.24, 2.45) is 0 Å². The van der Waals surface area contributed by atoms with Crippen LogP contribution in [0, 0.1) is 6.92 Å². The minimum absolute atomic E-state index is 0.374. The maximum absolute atomic E-state index is 13.4. The topological polar surface area (TPSA) is 8.17 Å². The van der Waals surface area contributed by atoms with Crippen LogP contribution in [0.1, 0.15) is 46.8 Å². The summed E-state index contributed by atoms with van der Waals surface area (Å²) in [5.74, 6) is 0. The summed E-state index contributed by atoms with van der Waals surface area (Å²) in [6.07, 6.45) is -0.589. The molecule has 1 saturated heterocycles. The van der Waals surface area contributed by atoms with E-state index in [9.17, 15) is 13.2 Å². The zero-order valence-corrected chi connectivity index (χ0v) is 16.8. The Morgan fingerprint density at radius 2 is 1.86 bits per heavy atom. The van der Waals surface area contributed by atoms with E-state index in [0.29, 0.717) is 30.6 Å². The molecule has 5 heteroatoms. The largest absolute Gasteiger partial charge is 0.416 e. The van der Waals surface area contributed by atoms with Crippen LogP contribution >= 0.6 is 0 Å². The molecule has 2 nitrogen and oxygen atoms in total. The third-order valence-corrected chi connectivity index (χ3v) is 6.90. The fraction of sp³-hybridized carbons (Fsp3) is 0.417. The van der Waals surface area contributed by atoms with Crippen LogP contribution in [0.5, 0.6) is 0 Å². The maximum atomic E-state index is 13.4. The first-order chi connectivity index (χ1) is 13.8. The number of rotatable bonds is 3. The van der Waals surface area contributed by atoms with E-state index >= 15 is 0 Å². The van der Waals surface area contributed by atoms with E-state index in [1.807, 2.05) is 0 Å². The second-order valence-corrected chi connectivity index (χ2v) is 8.55. The van der Waals surface area contributed by atoms with E-state index in [2.05, 4.69) is 41.6 Å². The second-order valence-electron chi connectivity index (χ2n) is 8.55. The third kappa shape index (κ3) is 2.98. The second kappa shape index (κ2) is 6.63. The molecule has 0 amide bonds. The zero-order chi connectivity index (χ0) is 20.3. The van der Waals surface area contributed by atoms with E-state index < -0.39 is 11.7 Å². The molecule has 2 bridgehead atoms. The average Bonchev–Trinajstić information content (AvgIpc) is 3.09. The molecular formula is C24H25F3N2. The van der Waals surface area contributed by atoms with Gasteiger partial charge in [0.05, 0.1) is 5.56 Å². The van der Waals surface area contributed by atoms with Gasteiger partial charge in [-0.25, -0.2) is 0 Å². The lowest BCUT2D eigenvalue weighted by molar-refractivity contribution is -0.138. The van der Waals surface area contributed by atoms with Crippen LogP contribution in [-0.2, 0) is 25.6 Å². The highest BCUT2D eigenvalue weighted by Crippen LogP contribution is 2.47. The maximum Gasteiger partial charge on any atom is 0.416 e. The molecule has 3 heterocycles. The van der Waals surface area contributed by atoms with Crippen molar-refractivity contribution in [1.82, 2.24) is 9.47 Å². The van der Waals surface area contributed by atoms with Gasteiger partial charge in [-0.1, -0.05) is 29.8 Å². The van der Waals surface area contributed by atoms with Gasteiger partial charge in [-0.15, -0.1) is 0 Å². The van der Waals surface area contributed by atoms with Gasteiger partial charge in [-0.05, 0) is 62.6 Å². The van der Waals surface area contributed by atoms with Gasteiger partial charge < -0.3 is 4.57 Å². The van der Waals surface area contributed by atoms with Gasteiger partial charge in [-0.3, -0.25) is 4.90 Å². The molecule has 0 saturated carbocycles. The minimum atomic E-state index is -4.31. The zero-order valence-electron chi connectivity index (χ0n) is 16.8. The van der Waals surface area contributed by atoms with Crippen molar-refractivity contribution in [3.8, 4) is 0 Å². The van der Waals surface area contributed by atoms with Crippen LogP contribution in [0.15, 0.2) is 42.5 Å². The first-order valence-electron chi connectivity index (χ1n) is 10.3. The summed E-state index contributed by atoms with van der Waals surface area (Å²) in [6.45, 7) is 2.68. The molecule has 1 aromatic heterocycles. The van der Waals surface area contributed by atoms with Crippen molar-refractivity contribution in [2.75, 3.05) is 7.05 Å². The lowest BCUT2D eigenvalue weighted by atomic mass is 9.97. The molecule has 0 unspecified atom stereocenters. The smallest absolute Gasteiger partial charge is 0.344 e.